The molecule has 0 spiro atoms. The predicted octanol–water partition coefficient (Wildman–Crippen LogP) is 1.78. The van der Waals surface area contributed by atoms with Gasteiger partial charge in [0, 0.05) is 6.04 Å². The first-order valence-electron chi connectivity index (χ1n) is 5.80. The van der Waals surface area contributed by atoms with Crippen molar-refractivity contribution in [3.05, 3.63) is 0 Å². The van der Waals surface area contributed by atoms with Crippen LogP contribution in [-0.4, -0.2) is 35.2 Å². The van der Waals surface area contributed by atoms with Crippen LogP contribution < -0.4 is 0 Å². The lowest BCUT2D eigenvalue weighted by Crippen LogP contribution is -2.47. The number of aliphatic hydroxyl groups excluding tert-OH is 1. The van der Waals surface area contributed by atoms with Crippen molar-refractivity contribution in [2.24, 2.45) is 0 Å². The lowest BCUT2D eigenvalue weighted by Gasteiger charge is -2.39. The molecule has 76 valence electrons. The van der Waals surface area contributed by atoms with Crippen molar-refractivity contribution >= 4 is 0 Å². The fourth-order valence-corrected chi connectivity index (χ4v) is 2.77. The lowest BCUT2D eigenvalue weighted by molar-refractivity contribution is 0.0113. The van der Waals surface area contributed by atoms with Crippen molar-refractivity contribution in [2.75, 3.05) is 13.1 Å². The summed E-state index contributed by atoms with van der Waals surface area (Å²) in [7, 11) is 0. The molecule has 2 fully saturated rings. The molecule has 2 nitrogen and oxygen atoms in total. The molecular formula is C11H21NO. The van der Waals surface area contributed by atoms with Gasteiger partial charge in [-0.25, -0.2) is 0 Å². The summed E-state index contributed by atoms with van der Waals surface area (Å²) in [6.07, 6.45) is 8.82. The molecule has 0 unspecified atom stereocenters. The van der Waals surface area contributed by atoms with Crippen molar-refractivity contribution in [3.63, 3.8) is 0 Å². The maximum atomic E-state index is 9.88. The van der Waals surface area contributed by atoms with E-state index < -0.39 is 0 Å². The molecule has 2 aliphatic rings. The highest BCUT2D eigenvalue weighted by molar-refractivity contribution is 4.84. The van der Waals surface area contributed by atoms with Crippen LogP contribution in [-0.2, 0) is 0 Å². The van der Waals surface area contributed by atoms with E-state index >= 15 is 0 Å². The molecule has 2 heteroatoms. The summed E-state index contributed by atoms with van der Waals surface area (Å²) in [5.41, 5.74) is 0. The van der Waals surface area contributed by atoms with Gasteiger partial charge in [-0.05, 0) is 38.8 Å². The first kappa shape index (κ1) is 9.47. The molecule has 1 N–H and O–H groups in total. The molecule has 1 aliphatic carbocycles. The van der Waals surface area contributed by atoms with E-state index in [1.807, 2.05) is 0 Å². The van der Waals surface area contributed by atoms with Crippen molar-refractivity contribution in [1.82, 2.24) is 4.90 Å². The van der Waals surface area contributed by atoms with Gasteiger partial charge in [-0.2, -0.15) is 0 Å². The van der Waals surface area contributed by atoms with E-state index in [4.69, 9.17) is 0 Å². The van der Waals surface area contributed by atoms with Crippen LogP contribution in [0.2, 0.25) is 0 Å². The molecule has 0 aromatic rings. The summed E-state index contributed by atoms with van der Waals surface area (Å²) < 4.78 is 0. The van der Waals surface area contributed by atoms with Crippen molar-refractivity contribution in [3.8, 4) is 0 Å². The quantitative estimate of drug-likeness (QED) is 0.670. The van der Waals surface area contributed by atoms with Gasteiger partial charge < -0.3 is 5.11 Å². The Morgan fingerprint density at radius 2 is 1.54 bits per heavy atom. The zero-order valence-electron chi connectivity index (χ0n) is 8.41. The van der Waals surface area contributed by atoms with E-state index in [9.17, 15) is 5.11 Å². The minimum atomic E-state index is -0.0353. The largest absolute Gasteiger partial charge is 0.391 e. The van der Waals surface area contributed by atoms with Crippen LogP contribution in [0.3, 0.4) is 0 Å². The molecule has 0 amide bonds. The van der Waals surface area contributed by atoms with Crippen LogP contribution in [0.1, 0.15) is 44.9 Å². The molecule has 0 aromatic heterocycles. The van der Waals surface area contributed by atoms with E-state index in [-0.39, 0.29) is 6.10 Å². The van der Waals surface area contributed by atoms with Crippen molar-refractivity contribution in [2.45, 2.75) is 57.1 Å². The zero-order chi connectivity index (χ0) is 9.10. The van der Waals surface area contributed by atoms with Gasteiger partial charge in [0.15, 0.2) is 0 Å². The molecule has 0 aromatic carbocycles. The summed E-state index contributed by atoms with van der Waals surface area (Å²) in [4.78, 5) is 2.52. The van der Waals surface area contributed by atoms with Crippen molar-refractivity contribution < 1.29 is 5.11 Å². The highest BCUT2D eigenvalue weighted by Gasteiger charge is 2.28. The molecular weight excluding hydrogens is 162 g/mol. The number of rotatable bonds is 1. The third kappa shape index (κ3) is 2.23. The Hall–Kier alpha value is -0.0800. The summed E-state index contributed by atoms with van der Waals surface area (Å²) in [6.45, 7) is 2.45. The first-order valence-corrected chi connectivity index (χ1v) is 5.80. The Kier molecular flexibility index (Phi) is 3.23. The molecule has 2 rings (SSSR count). The van der Waals surface area contributed by atoms with E-state index in [0.29, 0.717) is 6.04 Å². The first-order chi connectivity index (χ1) is 6.38. The fourth-order valence-electron chi connectivity index (χ4n) is 2.77. The second kappa shape index (κ2) is 4.43. The van der Waals surface area contributed by atoms with Gasteiger partial charge in [0.2, 0.25) is 0 Å². The monoisotopic (exact) mass is 183 g/mol. The van der Waals surface area contributed by atoms with Crippen LogP contribution in [0.5, 0.6) is 0 Å². The van der Waals surface area contributed by atoms with E-state index in [2.05, 4.69) is 4.90 Å². The molecule has 1 saturated heterocycles. The summed E-state index contributed by atoms with van der Waals surface area (Å²) in [5.74, 6) is 0. The molecule has 1 heterocycles. The number of likely N-dealkylation sites (tertiary alicyclic amines) is 1. The summed E-state index contributed by atoms with van der Waals surface area (Å²) >= 11 is 0. The van der Waals surface area contributed by atoms with Gasteiger partial charge in [0.1, 0.15) is 0 Å². The average molecular weight is 183 g/mol. The Bertz CT molecular complexity index is 154. The van der Waals surface area contributed by atoms with Gasteiger partial charge in [0.25, 0.3) is 0 Å². The maximum Gasteiger partial charge on any atom is 0.0695 e. The number of hydrogen-bond acceptors (Lipinski definition) is 2. The van der Waals surface area contributed by atoms with E-state index in [1.54, 1.807) is 0 Å². The Morgan fingerprint density at radius 1 is 0.846 bits per heavy atom. The highest BCUT2D eigenvalue weighted by Crippen LogP contribution is 2.25. The minimum Gasteiger partial charge on any atom is -0.391 e. The number of hydrogen-bond donors (Lipinski definition) is 1. The number of piperidine rings is 1. The smallest absolute Gasteiger partial charge is 0.0695 e. The highest BCUT2D eigenvalue weighted by atomic mass is 16.3. The second-order valence-electron chi connectivity index (χ2n) is 4.52. The summed E-state index contributed by atoms with van der Waals surface area (Å²) in [5, 5.41) is 9.88. The van der Waals surface area contributed by atoms with Gasteiger partial charge in [-0.3, -0.25) is 4.90 Å². The standard InChI is InChI=1S/C11H21NO/c13-11-7-3-2-6-10(11)12-8-4-1-5-9-12/h10-11,13H,1-9H2/t10-,11-/m1/s1. The topological polar surface area (TPSA) is 23.5 Å². The summed E-state index contributed by atoms with van der Waals surface area (Å²) in [6, 6.07) is 0.494. The third-order valence-electron chi connectivity index (χ3n) is 3.55. The van der Waals surface area contributed by atoms with E-state index in [0.717, 1.165) is 6.42 Å². The Balaban J connectivity index is 1.88. The molecule has 0 radical (unpaired) electrons. The average Bonchev–Trinajstić information content (AvgIpc) is 2.20. The van der Waals surface area contributed by atoms with Gasteiger partial charge in [0.05, 0.1) is 6.10 Å². The number of nitrogens with zero attached hydrogens (tertiary/aromatic N) is 1. The van der Waals surface area contributed by atoms with Crippen LogP contribution in [0, 0.1) is 0 Å². The SMILES string of the molecule is O[C@@H]1CCCC[C@H]1N1CCCCC1. The lowest BCUT2D eigenvalue weighted by atomic mass is 9.90. The minimum absolute atomic E-state index is 0.0353. The molecule has 13 heavy (non-hydrogen) atoms. The fraction of sp³-hybridized carbons (Fsp3) is 1.00. The van der Waals surface area contributed by atoms with Crippen LogP contribution in [0.4, 0.5) is 0 Å². The predicted molar refractivity (Wildman–Crippen MR) is 53.7 cm³/mol. The van der Waals surface area contributed by atoms with Crippen LogP contribution >= 0.6 is 0 Å². The van der Waals surface area contributed by atoms with Gasteiger partial charge >= 0.3 is 0 Å². The molecule has 1 saturated carbocycles. The van der Waals surface area contributed by atoms with Gasteiger partial charge in [-0.15, -0.1) is 0 Å². The molecule has 0 bridgehead atoms. The Morgan fingerprint density at radius 3 is 2.23 bits per heavy atom. The number of aliphatic hydroxyl groups is 1. The molecule has 1 aliphatic heterocycles. The third-order valence-corrected chi connectivity index (χ3v) is 3.55. The Labute approximate surface area is 80.9 Å². The van der Waals surface area contributed by atoms with E-state index in [1.165, 1.54) is 51.6 Å². The van der Waals surface area contributed by atoms with Crippen LogP contribution in [0.25, 0.3) is 0 Å². The van der Waals surface area contributed by atoms with Gasteiger partial charge in [-0.1, -0.05) is 19.3 Å². The normalized spacial score (nSPS) is 37.6. The van der Waals surface area contributed by atoms with Crippen LogP contribution in [0.15, 0.2) is 0 Å². The van der Waals surface area contributed by atoms with Crippen molar-refractivity contribution in [1.29, 1.82) is 0 Å². The maximum absolute atomic E-state index is 9.88. The molecule has 2 atom stereocenters. The zero-order valence-corrected chi connectivity index (χ0v) is 8.41. The second-order valence-corrected chi connectivity index (χ2v) is 4.52.